The van der Waals surface area contributed by atoms with Crippen LogP contribution in [-0.4, -0.2) is 18.1 Å². The van der Waals surface area contributed by atoms with Crippen LogP contribution in [0.5, 0.6) is 0 Å². The predicted octanol–water partition coefficient (Wildman–Crippen LogP) is 4.44. The Bertz CT molecular complexity index is 525. The van der Waals surface area contributed by atoms with Gasteiger partial charge in [0.05, 0.1) is 5.01 Å². The maximum atomic E-state index is 6.30. The zero-order chi connectivity index (χ0) is 15.1. The first kappa shape index (κ1) is 16.5. The molecule has 0 bridgehead atoms. The van der Waals surface area contributed by atoms with Crippen LogP contribution in [0, 0.1) is 11.8 Å². The van der Waals surface area contributed by atoms with E-state index < -0.39 is 0 Å². The zero-order valence-corrected chi connectivity index (χ0v) is 14.3. The number of thiazole rings is 1. The van der Waals surface area contributed by atoms with Gasteiger partial charge in [-0.2, -0.15) is 0 Å². The summed E-state index contributed by atoms with van der Waals surface area (Å²) in [6, 6.07) is 8.14. The number of nitrogens with one attached hydrogen (secondary N) is 1. The molecule has 1 atom stereocenters. The maximum absolute atomic E-state index is 6.30. The summed E-state index contributed by atoms with van der Waals surface area (Å²) in [6.07, 6.45) is 3.88. The number of hydrogen-bond acceptors (Lipinski definition) is 3. The van der Waals surface area contributed by atoms with Gasteiger partial charge in [0.1, 0.15) is 0 Å². The molecule has 0 aliphatic carbocycles. The van der Waals surface area contributed by atoms with E-state index in [9.17, 15) is 0 Å². The van der Waals surface area contributed by atoms with Crippen molar-refractivity contribution in [3.8, 4) is 0 Å². The molecule has 0 spiro atoms. The summed E-state index contributed by atoms with van der Waals surface area (Å²) in [7, 11) is 0. The molecule has 1 N–H and O–H groups in total. The maximum Gasteiger partial charge on any atom is 0.0928 e. The van der Waals surface area contributed by atoms with Crippen LogP contribution < -0.4 is 5.32 Å². The molecule has 1 aromatic carbocycles. The Morgan fingerprint density at radius 3 is 2.67 bits per heavy atom. The fourth-order valence-electron chi connectivity index (χ4n) is 2.37. The Kier molecular flexibility index (Phi) is 6.68. The quantitative estimate of drug-likeness (QED) is 0.777. The first-order valence-electron chi connectivity index (χ1n) is 7.47. The highest BCUT2D eigenvalue weighted by molar-refractivity contribution is 7.09. The lowest BCUT2D eigenvalue weighted by molar-refractivity contribution is 0.445. The van der Waals surface area contributed by atoms with Crippen molar-refractivity contribution < 1.29 is 0 Å². The molecule has 2 rings (SSSR count). The Morgan fingerprint density at radius 1 is 1.19 bits per heavy atom. The second-order valence-corrected chi connectivity index (χ2v) is 7.23. The van der Waals surface area contributed by atoms with Crippen molar-refractivity contribution in [2.75, 3.05) is 13.1 Å². The third kappa shape index (κ3) is 5.77. The largest absolute Gasteiger partial charge is 0.316 e. The van der Waals surface area contributed by atoms with Crippen molar-refractivity contribution in [3.63, 3.8) is 0 Å². The normalized spacial score (nSPS) is 12.8. The summed E-state index contributed by atoms with van der Waals surface area (Å²) in [5.74, 6) is 1.20. The summed E-state index contributed by atoms with van der Waals surface area (Å²) >= 11 is 8.04. The second kappa shape index (κ2) is 8.52. The van der Waals surface area contributed by atoms with E-state index in [1.165, 1.54) is 10.6 Å². The molecule has 0 fully saturated rings. The molecular weight excluding hydrogens is 300 g/mol. The fraction of sp³-hybridized carbons (Fsp3) is 0.471. The number of rotatable bonds is 8. The molecule has 4 heteroatoms. The molecule has 0 radical (unpaired) electrons. The Morgan fingerprint density at radius 2 is 2.00 bits per heavy atom. The Hall–Kier alpha value is -0.900. The van der Waals surface area contributed by atoms with Crippen molar-refractivity contribution in [2.24, 2.45) is 11.8 Å². The lowest BCUT2D eigenvalue weighted by atomic mass is 9.96. The van der Waals surface area contributed by atoms with Crippen LogP contribution in [0.2, 0.25) is 5.02 Å². The Balaban J connectivity index is 1.98. The van der Waals surface area contributed by atoms with E-state index in [0.717, 1.165) is 31.0 Å². The van der Waals surface area contributed by atoms with Crippen molar-refractivity contribution in [2.45, 2.75) is 26.7 Å². The van der Waals surface area contributed by atoms with Gasteiger partial charge in [-0.1, -0.05) is 43.6 Å². The van der Waals surface area contributed by atoms with Crippen LogP contribution in [0.15, 0.2) is 35.8 Å². The molecule has 0 aliphatic rings. The number of benzene rings is 1. The van der Waals surface area contributed by atoms with Crippen LogP contribution in [0.4, 0.5) is 0 Å². The van der Waals surface area contributed by atoms with Crippen LogP contribution in [-0.2, 0) is 12.8 Å². The fourth-order valence-corrected chi connectivity index (χ4v) is 3.31. The first-order valence-corrected chi connectivity index (χ1v) is 8.73. The van der Waals surface area contributed by atoms with Gasteiger partial charge in [0.25, 0.3) is 0 Å². The lowest BCUT2D eigenvalue weighted by Crippen LogP contribution is -2.28. The Labute approximate surface area is 136 Å². The smallest absolute Gasteiger partial charge is 0.0928 e. The van der Waals surface area contributed by atoms with Gasteiger partial charge >= 0.3 is 0 Å². The minimum absolute atomic E-state index is 0.523. The van der Waals surface area contributed by atoms with Gasteiger partial charge in [0, 0.05) is 23.0 Å². The second-order valence-electron chi connectivity index (χ2n) is 5.84. The molecular formula is C17H23ClN2S. The highest BCUT2D eigenvalue weighted by atomic mass is 35.5. The van der Waals surface area contributed by atoms with E-state index >= 15 is 0 Å². The first-order chi connectivity index (χ1) is 10.1. The third-order valence-electron chi connectivity index (χ3n) is 3.40. The van der Waals surface area contributed by atoms with Gasteiger partial charge in [0.2, 0.25) is 0 Å². The highest BCUT2D eigenvalue weighted by Gasteiger charge is 2.14. The van der Waals surface area contributed by atoms with E-state index in [1.807, 2.05) is 23.7 Å². The molecule has 0 amide bonds. The topological polar surface area (TPSA) is 24.9 Å². The molecule has 0 saturated heterocycles. The van der Waals surface area contributed by atoms with Crippen LogP contribution in [0.1, 0.15) is 24.4 Å². The molecule has 0 aliphatic heterocycles. The van der Waals surface area contributed by atoms with Gasteiger partial charge in [-0.3, -0.25) is 0 Å². The van der Waals surface area contributed by atoms with Crippen molar-refractivity contribution >= 4 is 22.9 Å². The summed E-state index contributed by atoms with van der Waals surface area (Å²) in [4.78, 5) is 4.42. The van der Waals surface area contributed by atoms with E-state index in [1.54, 1.807) is 11.3 Å². The van der Waals surface area contributed by atoms with E-state index in [-0.39, 0.29) is 0 Å². The third-order valence-corrected chi connectivity index (χ3v) is 4.57. The van der Waals surface area contributed by atoms with Crippen LogP contribution in [0.25, 0.3) is 0 Å². The van der Waals surface area contributed by atoms with Crippen molar-refractivity contribution in [1.82, 2.24) is 10.3 Å². The van der Waals surface area contributed by atoms with Gasteiger partial charge in [-0.25, -0.2) is 4.98 Å². The molecule has 114 valence electrons. The molecule has 2 aromatic rings. The molecule has 1 unspecified atom stereocenters. The zero-order valence-electron chi connectivity index (χ0n) is 12.7. The molecule has 1 aromatic heterocycles. The van der Waals surface area contributed by atoms with E-state index in [2.05, 4.69) is 36.3 Å². The summed E-state index contributed by atoms with van der Waals surface area (Å²) in [5, 5.41) is 7.69. The average Bonchev–Trinajstić information content (AvgIpc) is 2.93. The summed E-state index contributed by atoms with van der Waals surface area (Å²) < 4.78 is 0. The van der Waals surface area contributed by atoms with E-state index in [0.29, 0.717) is 11.8 Å². The monoisotopic (exact) mass is 322 g/mol. The van der Waals surface area contributed by atoms with Crippen molar-refractivity contribution in [1.29, 1.82) is 0 Å². The standard InChI is InChI=1S/C17H23ClN2S/c1-13(2)11-19-12-14(10-17-20-7-8-21-17)9-15-5-3-4-6-16(15)18/h3-8,13-14,19H,9-12H2,1-2H3. The average molecular weight is 323 g/mol. The molecule has 0 saturated carbocycles. The van der Waals surface area contributed by atoms with Crippen LogP contribution >= 0.6 is 22.9 Å². The van der Waals surface area contributed by atoms with E-state index in [4.69, 9.17) is 11.6 Å². The number of halogens is 1. The highest BCUT2D eigenvalue weighted by Crippen LogP contribution is 2.21. The molecule has 21 heavy (non-hydrogen) atoms. The van der Waals surface area contributed by atoms with Gasteiger partial charge in [-0.15, -0.1) is 11.3 Å². The number of hydrogen-bond donors (Lipinski definition) is 1. The summed E-state index contributed by atoms with van der Waals surface area (Å²) in [6.45, 7) is 6.52. The molecule has 2 nitrogen and oxygen atoms in total. The lowest BCUT2D eigenvalue weighted by Gasteiger charge is -2.18. The van der Waals surface area contributed by atoms with Crippen molar-refractivity contribution in [3.05, 3.63) is 51.4 Å². The molecule has 1 heterocycles. The van der Waals surface area contributed by atoms with Gasteiger partial charge in [-0.05, 0) is 43.0 Å². The van der Waals surface area contributed by atoms with Gasteiger partial charge < -0.3 is 5.32 Å². The number of nitrogens with zero attached hydrogens (tertiary/aromatic N) is 1. The summed E-state index contributed by atoms with van der Waals surface area (Å²) in [5.41, 5.74) is 1.23. The predicted molar refractivity (Wildman–Crippen MR) is 92.2 cm³/mol. The SMILES string of the molecule is CC(C)CNCC(Cc1nccs1)Cc1ccccc1Cl. The van der Waals surface area contributed by atoms with Crippen LogP contribution in [0.3, 0.4) is 0 Å². The van der Waals surface area contributed by atoms with Gasteiger partial charge in [0.15, 0.2) is 0 Å². The number of aromatic nitrogens is 1. The minimum Gasteiger partial charge on any atom is -0.316 e. The minimum atomic E-state index is 0.523.